The molecule has 2 nitrogen and oxygen atoms in total. The highest BCUT2D eigenvalue weighted by Crippen LogP contribution is 2.31. The van der Waals surface area contributed by atoms with Gasteiger partial charge in [-0.15, -0.1) is 0 Å². The molecule has 1 fully saturated rings. The summed E-state index contributed by atoms with van der Waals surface area (Å²) in [6.45, 7) is 9.14. The van der Waals surface area contributed by atoms with E-state index in [2.05, 4.69) is 37.1 Å². The van der Waals surface area contributed by atoms with Gasteiger partial charge in [0, 0.05) is 30.4 Å². The molecule has 0 aromatic carbocycles. The third-order valence-electron chi connectivity index (χ3n) is 2.80. The Morgan fingerprint density at radius 1 is 1.50 bits per heavy atom. The van der Waals surface area contributed by atoms with Crippen molar-refractivity contribution >= 4 is 0 Å². The van der Waals surface area contributed by atoms with E-state index in [1.165, 1.54) is 18.7 Å². The zero-order valence-corrected chi connectivity index (χ0v) is 8.22. The topological polar surface area (TPSA) is 15.3 Å². The molecule has 1 N–H and O–H groups in total. The lowest BCUT2D eigenvalue weighted by atomic mass is 10.1. The van der Waals surface area contributed by atoms with Crippen LogP contribution in [0.1, 0.15) is 27.2 Å². The fraction of sp³-hybridized carbons (Fsp3) is 0.800. The minimum absolute atomic E-state index is 0.298. The summed E-state index contributed by atoms with van der Waals surface area (Å²) in [5, 5.41) is 3.49. The number of rotatable bonds is 0. The van der Waals surface area contributed by atoms with Crippen molar-refractivity contribution < 1.29 is 0 Å². The zero-order valence-electron chi connectivity index (χ0n) is 8.22. The van der Waals surface area contributed by atoms with Crippen molar-refractivity contribution in [2.75, 3.05) is 13.1 Å². The van der Waals surface area contributed by atoms with E-state index in [1.807, 2.05) is 0 Å². The predicted octanol–water partition coefficient (Wildman–Crippen LogP) is 1.35. The number of hydrogen-bond donors (Lipinski definition) is 1. The molecule has 0 radical (unpaired) electrons. The highest BCUT2D eigenvalue weighted by Gasteiger charge is 2.35. The molecule has 0 amide bonds. The molecule has 2 heteroatoms. The van der Waals surface area contributed by atoms with Gasteiger partial charge in [0.15, 0.2) is 0 Å². The summed E-state index contributed by atoms with van der Waals surface area (Å²) in [6.07, 6.45) is 3.62. The van der Waals surface area contributed by atoms with Crippen LogP contribution in [-0.2, 0) is 0 Å². The van der Waals surface area contributed by atoms with Crippen LogP contribution in [0, 0.1) is 0 Å². The SMILES string of the molecule is CC(C)(C)N1CCC2NCC=C21. The normalized spacial score (nSPS) is 29.1. The molecular weight excluding hydrogens is 148 g/mol. The smallest absolute Gasteiger partial charge is 0.0488 e. The van der Waals surface area contributed by atoms with Crippen molar-refractivity contribution in [1.29, 1.82) is 0 Å². The molecule has 2 aliphatic rings. The van der Waals surface area contributed by atoms with E-state index in [-0.39, 0.29) is 0 Å². The monoisotopic (exact) mass is 166 g/mol. The summed E-state index contributed by atoms with van der Waals surface area (Å²) in [6, 6.07) is 0.657. The fourth-order valence-electron chi connectivity index (χ4n) is 2.21. The molecule has 1 unspecified atom stereocenters. The van der Waals surface area contributed by atoms with Crippen molar-refractivity contribution in [2.24, 2.45) is 0 Å². The van der Waals surface area contributed by atoms with Crippen LogP contribution in [0.5, 0.6) is 0 Å². The second-order valence-electron chi connectivity index (χ2n) is 4.70. The summed E-state index contributed by atoms with van der Waals surface area (Å²) in [5.74, 6) is 0. The van der Waals surface area contributed by atoms with Crippen LogP contribution in [0.4, 0.5) is 0 Å². The molecule has 0 aromatic heterocycles. The maximum atomic E-state index is 3.49. The van der Waals surface area contributed by atoms with Crippen LogP contribution >= 0.6 is 0 Å². The first-order valence-electron chi connectivity index (χ1n) is 4.80. The summed E-state index contributed by atoms with van der Waals surface area (Å²) in [7, 11) is 0. The molecule has 68 valence electrons. The van der Waals surface area contributed by atoms with Gasteiger partial charge in [0.25, 0.3) is 0 Å². The van der Waals surface area contributed by atoms with E-state index in [0.29, 0.717) is 11.6 Å². The molecule has 0 spiro atoms. The van der Waals surface area contributed by atoms with E-state index in [1.54, 1.807) is 0 Å². The maximum Gasteiger partial charge on any atom is 0.0488 e. The third-order valence-corrected chi connectivity index (χ3v) is 2.80. The lowest BCUT2D eigenvalue weighted by molar-refractivity contribution is 0.212. The second kappa shape index (κ2) is 2.49. The van der Waals surface area contributed by atoms with Gasteiger partial charge in [-0.2, -0.15) is 0 Å². The van der Waals surface area contributed by atoms with Crippen molar-refractivity contribution in [1.82, 2.24) is 10.2 Å². The molecular formula is C10H18N2. The number of likely N-dealkylation sites (tertiary alicyclic amines) is 1. The highest BCUT2D eigenvalue weighted by atomic mass is 15.3. The minimum atomic E-state index is 0.298. The van der Waals surface area contributed by atoms with Crippen molar-refractivity contribution in [3.8, 4) is 0 Å². The molecule has 0 saturated carbocycles. The summed E-state index contributed by atoms with van der Waals surface area (Å²) in [5.41, 5.74) is 1.83. The summed E-state index contributed by atoms with van der Waals surface area (Å²) < 4.78 is 0. The summed E-state index contributed by atoms with van der Waals surface area (Å²) in [4.78, 5) is 2.53. The van der Waals surface area contributed by atoms with E-state index in [9.17, 15) is 0 Å². The highest BCUT2D eigenvalue weighted by molar-refractivity contribution is 5.22. The Kier molecular flexibility index (Phi) is 1.69. The van der Waals surface area contributed by atoms with Gasteiger partial charge in [-0.05, 0) is 33.3 Å². The zero-order chi connectivity index (χ0) is 8.77. The van der Waals surface area contributed by atoms with Crippen LogP contribution in [0.25, 0.3) is 0 Å². The average Bonchev–Trinajstić information content (AvgIpc) is 2.37. The van der Waals surface area contributed by atoms with Crippen LogP contribution in [0.3, 0.4) is 0 Å². The molecule has 2 aliphatic heterocycles. The van der Waals surface area contributed by atoms with Crippen LogP contribution in [-0.4, -0.2) is 29.6 Å². The molecule has 1 saturated heterocycles. The molecule has 0 aliphatic carbocycles. The first kappa shape index (κ1) is 8.11. The maximum absolute atomic E-state index is 3.49. The van der Waals surface area contributed by atoms with Gasteiger partial charge in [-0.3, -0.25) is 0 Å². The van der Waals surface area contributed by atoms with E-state index in [4.69, 9.17) is 0 Å². The van der Waals surface area contributed by atoms with Gasteiger partial charge in [0.1, 0.15) is 0 Å². The largest absolute Gasteiger partial charge is 0.369 e. The Labute approximate surface area is 74.6 Å². The van der Waals surface area contributed by atoms with Gasteiger partial charge >= 0.3 is 0 Å². The Balaban J connectivity index is 2.19. The van der Waals surface area contributed by atoms with Crippen molar-refractivity contribution in [3.63, 3.8) is 0 Å². The number of nitrogens with one attached hydrogen (secondary N) is 1. The standard InChI is InChI=1S/C10H18N2/c1-10(2,3)12-7-5-8-9(12)4-6-11-8/h4,8,11H,5-7H2,1-3H3. The number of hydrogen-bond acceptors (Lipinski definition) is 2. The first-order valence-corrected chi connectivity index (χ1v) is 4.80. The Bertz CT molecular complexity index is 212. The Morgan fingerprint density at radius 3 is 2.92 bits per heavy atom. The van der Waals surface area contributed by atoms with Gasteiger partial charge in [-0.1, -0.05) is 0 Å². The number of fused-ring (bicyclic) bond motifs is 1. The predicted molar refractivity (Wildman–Crippen MR) is 50.9 cm³/mol. The van der Waals surface area contributed by atoms with E-state index >= 15 is 0 Å². The van der Waals surface area contributed by atoms with Gasteiger partial charge in [-0.25, -0.2) is 0 Å². The molecule has 0 bridgehead atoms. The third kappa shape index (κ3) is 1.14. The van der Waals surface area contributed by atoms with Crippen LogP contribution < -0.4 is 5.32 Å². The lowest BCUT2D eigenvalue weighted by Crippen LogP contribution is -2.38. The lowest BCUT2D eigenvalue weighted by Gasteiger charge is -2.34. The number of nitrogens with zero attached hydrogens (tertiary/aromatic N) is 1. The van der Waals surface area contributed by atoms with Gasteiger partial charge in [0.2, 0.25) is 0 Å². The Morgan fingerprint density at radius 2 is 2.25 bits per heavy atom. The van der Waals surface area contributed by atoms with Gasteiger partial charge in [0.05, 0.1) is 0 Å². The molecule has 0 aromatic rings. The van der Waals surface area contributed by atoms with Crippen LogP contribution in [0.15, 0.2) is 11.8 Å². The molecule has 12 heavy (non-hydrogen) atoms. The Hall–Kier alpha value is -0.500. The van der Waals surface area contributed by atoms with Crippen LogP contribution in [0.2, 0.25) is 0 Å². The second-order valence-corrected chi connectivity index (χ2v) is 4.70. The van der Waals surface area contributed by atoms with E-state index in [0.717, 1.165) is 6.54 Å². The van der Waals surface area contributed by atoms with E-state index < -0.39 is 0 Å². The molecule has 1 atom stereocenters. The first-order chi connectivity index (χ1) is 5.59. The average molecular weight is 166 g/mol. The van der Waals surface area contributed by atoms with Crippen molar-refractivity contribution in [3.05, 3.63) is 11.8 Å². The minimum Gasteiger partial charge on any atom is -0.369 e. The van der Waals surface area contributed by atoms with Gasteiger partial charge < -0.3 is 10.2 Å². The molecule has 2 rings (SSSR count). The van der Waals surface area contributed by atoms with Crippen molar-refractivity contribution in [2.45, 2.75) is 38.8 Å². The molecule has 2 heterocycles. The summed E-state index contributed by atoms with van der Waals surface area (Å²) >= 11 is 0. The quantitative estimate of drug-likeness (QED) is 0.584. The fourth-order valence-corrected chi connectivity index (χ4v) is 2.21.